The van der Waals surface area contributed by atoms with Crippen LogP contribution in [0.1, 0.15) is 109 Å². The van der Waals surface area contributed by atoms with E-state index in [2.05, 4.69) is 27.7 Å². The molecule has 0 spiro atoms. The zero-order valence-electron chi connectivity index (χ0n) is 19.8. The van der Waals surface area contributed by atoms with E-state index in [0.29, 0.717) is 12.0 Å². The highest BCUT2D eigenvalue weighted by molar-refractivity contribution is 5.91. The molecule has 174 valence electrons. The zero-order chi connectivity index (χ0) is 22.7. The molecule has 0 saturated carbocycles. The van der Waals surface area contributed by atoms with Crippen molar-refractivity contribution in [2.24, 2.45) is 0 Å². The van der Waals surface area contributed by atoms with E-state index in [1.807, 2.05) is 0 Å². The van der Waals surface area contributed by atoms with Gasteiger partial charge in [0.15, 0.2) is 6.10 Å². The number of rotatable bonds is 13. The van der Waals surface area contributed by atoms with Crippen LogP contribution in [-0.4, -0.2) is 29.7 Å². The minimum atomic E-state index is -0.826. The first-order valence-corrected chi connectivity index (χ1v) is 12.1. The van der Waals surface area contributed by atoms with Gasteiger partial charge in [-0.3, -0.25) is 0 Å². The number of hydrogen-bond donors (Lipinski definition) is 0. The third-order valence-electron chi connectivity index (χ3n) is 5.99. The summed E-state index contributed by atoms with van der Waals surface area (Å²) in [4.78, 5) is 25.0. The van der Waals surface area contributed by atoms with Crippen LogP contribution in [0.15, 0.2) is 24.3 Å². The summed E-state index contributed by atoms with van der Waals surface area (Å²) in [5.41, 5.74) is 0.0186. The first kappa shape index (κ1) is 25.2. The van der Waals surface area contributed by atoms with Crippen LogP contribution in [0.5, 0.6) is 5.75 Å². The maximum atomic E-state index is 12.5. The quantitative estimate of drug-likeness (QED) is 0.259. The second kappa shape index (κ2) is 12.7. The van der Waals surface area contributed by atoms with Crippen molar-refractivity contribution in [3.05, 3.63) is 29.8 Å². The van der Waals surface area contributed by atoms with Crippen LogP contribution >= 0.6 is 0 Å². The monoisotopic (exact) mass is 432 g/mol. The molecule has 1 saturated heterocycles. The molecule has 2 rings (SSSR count). The van der Waals surface area contributed by atoms with E-state index in [1.54, 1.807) is 24.3 Å². The van der Waals surface area contributed by atoms with Gasteiger partial charge in [0.05, 0.1) is 11.7 Å². The normalized spacial score (nSPS) is 18.8. The third-order valence-corrected chi connectivity index (χ3v) is 5.99. The van der Waals surface area contributed by atoms with Crippen molar-refractivity contribution in [2.45, 2.75) is 116 Å². The number of cyclic esters (lactones) is 1. The lowest BCUT2D eigenvalue weighted by Crippen LogP contribution is -2.46. The fraction of sp³-hybridized carbons (Fsp3) is 0.692. The predicted molar refractivity (Wildman–Crippen MR) is 122 cm³/mol. The zero-order valence-corrected chi connectivity index (χ0v) is 19.8. The number of carbonyl (C=O) groups is 2. The molecule has 5 nitrogen and oxygen atoms in total. The number of esters is 2. The third kappa shape index (κ3) is 7.86. The molecule has 1 unspecified atom stereocenters. The first-order valence-electron chi connectivity index (χ1n) is 12.1. The first-order chi connectivity index (χ1) is 14.9. The Morgan fingerprint density at radius 3 is 2.32 bits per heavy atom. The van der Waals surface area contributed by atoms with Crippen molar-refractivity contribution in [1.29, 1.82) is 0 Å². The molecule has 1 aromatic rings. The Bertz CT molecular complexity index is 676. The Labute approximate surface area is 187 Å². The molecule has 1 aliphatic rings. The molecule has 2 atom stereocenters. The van der Waals surface area contributed by atoms with Gasteiger partial charge < -0.3 is 14.2 Å². The summed E-state index contributed by atoms with van der Waals surface area (Å²) >= 11 is 0. The number of unbranched alkanes of at least 4 members (excludes halogenated alkanes) is 3. The summed E-state index contributed by atoms with van der Waals surface area (Å²) in [6.07, 6.45) is 10.1. The van der Waals surface area contributed by atoms with E-state index >= 15 is 0 Å². The van der Waals surface area contributed by atoms with Gasteiger partial charge in [-0.15, -0.1) is 0 Å². The van der Waals surface area contributed by atoms with Crippen LogP contribution < -0.4 is 4.74 Å². The van der Waals surface area contributed by atoms with Crippen molar-refractivity contribution in [1.82, 2.24) is 0 Å². The van der Waals surface area contributed by atoms with Gasteiger partial charge in [0.25, 0.3) is 0 Å². The van der Waals surface area contributed by atoms with E-state index in [-0.39, 0.29) is 6.10 Å². The van der Waals surface area contributed by atoms with E-state index in [4.69, 9.17) is 14.2 Å². The molecule has 0 aliphatic carbocycles. The van der Waals surface area contributed by atoms with E-state index in [1.165, 1.54) is 19.3 Å². The number of hydrogen-bond acceptors (Lipinski definition) is 5. The lowest BCUT2D eigenvalue weighted by molar-refractivity contribution is -0.184. The Kier molecular flexibility index (Phi) is 10.4. The second-order valence-electron chi connectivity index (χ2n) is 8.84. The highest BCUT2D eigenvalue weighted by Crippen LogP contribution is 2.35. The largest absolute Gasteiger partial charge is 0.491 e. The Balaban J connectivity index is 1.85. The molecule has 0 radical (unpaired) electrons. The standard InChI is InChI=1S/C26H40O5/c1-5-8-9-10-11-20(4)29-22-14-12-21(13-15-22)24(27)30-23-16-19-26(17-6-2,18-7-3)31-25(23)28/h12-15,20,23H,5-11,16-19H2,1-4H3/t20?,23-/m0/s1. The molecule has 31 heavy (non-hydrogen) atoms. The van der Waals surface area contributed by atoms with Gasteiger partial charge in [0.2, 0.25) is 0 Å². The van der Waals surface area contributed by atoms with Crippen molar-refractivity contribution in [2.75, 3.05) is 0 Å². The van der Waals surface area contributed by atoms with Gasteiger partial charge in [-0.1, -0.05) is 52.9 Å². The average Bonchev–Trinajstić information content (AvgIpc) is 2.74. The average molecular weight is 433 g/mol. The maximum Gasteiger partial charge on any atom is 0.348 e. The van der Waals surface area contributed by atoms with Crippen molar-refractivity contribution < 1.29 is 23.8 Å². The highest BCUT2D eigenvalue weighted by Gasteiger charge is 2.42. The molecule has 0 amide bonds. The molecule has 1 heterocycles. The molecule has 1 aliphatic heterocycles. The molecule has 1 fully saturated rings. The smallest absolute Gasteiger partial charge is 0.348 e. The molecule has 1 aromatic carbocycles. The Hall–Kier alpha value is -2.04. The number of carbonyl (C=O) groups excluding carboxylic acids is 2. The van der Waals surface area contributed by atoms with Crippen LogP contribution in [0.25, 0.3) is 0 Å². The lowest BCUT2D eigenvalue weighted by atomic mass is 9.84. The topological polar surface area (TPSA) is 61.8 Å². The fourth-order valence-electron chi connectivity index (χ4n) is 4.35. The maximum absolute atomic E-state index is 12.5. The summed E-state index contributed by atoms with van der Waals surface area (Å²) in [6, 6.07) is 6.94. The second-order valence-corrected chi connectivity index (χ2v) is 8.84. The van der Waals surface area contributed by atoms with Crippen LogP contribution in [0.4, 0.5) is 0 Å². The number of benzene rings is 1. The van der Waals surface area contributed by atoms with E-state index in [9.17, 15) is 9.59 Å². The molecule has 5 heteroatoms. The minimum absolute atomic E-state index is 0.137. The summed E-state index contributed by atoms with van der Waals surface area (Å²) in [6.45, 7) is 8.46. The molecular formula is C26H40O5. The van der Waals surface area contributed by atoms with Crippen LogP contribution in [0.2, 0.25) is 0 Å². The highest BCUT2D eigenvalue weighted by atomic mass is 16.6. The summed E-state index contributed by atoms with van der Waals surface area (Å²) in [7, 11) is 0. The molecule has 0 bridgehead atoms. The molecule has 0 aromatic heterocycles. The van der Waals surface area contributed by atoms with Gasteiger partial charge in [-0.05, 0) is 69.7 Å². The van der Waals surface area contributed by atoms with Gasteiger partial charge in [-0.25, -0.2) is 9.59 Å². The summed E-state index contributed by atoms with van der Waals surface area (Å²) in [5, 5.41) is 0. The van der Waals surface area contributed by atoms with Crippen LogP contribution in [0.3, 0.4) is 0 Å². The lowest BCUT2D eigenvalue weighted by Gasteiger charge is -2.39. The fourth-order valence-corrected chi connectivity index (χ4v) is 4.35. The predicted octanol–water partition coefficient (Wildman–Crippen LogP) is 6.63. The van der Waals surface area contributed by atoms with Gasteiger partial charge in [0.1, 0.15) is 11.4 Å². The van der Waals surface area contributed by atoms with Crippen molar-refractivity contribution in [3.63, 3.8) is 0 Å². The number of ether oxygens (including phenoxy) is 3. The van der Waals surface area contributed by atoms with Crippen molar-refractivity contribution in [3.8, 4) is 5.75 Å². The Morgan fingerprint density at radius 1 is 1.06 bits per heavy atom. The Morgan fingerprint density at radius 2 is 1.74 bits per heavy atom. The van der Waals surface area contributed by atoms with Crippen LogP contribution in [-0.2, 0) is 14.3 Å². The van der Waals surface area contributed by atoms with Crippen LogP contribution in [0, 0.1) is 0 Å². The molecule has 0 N–H and O–H groups in total. The summed E-state index contributed by atoms with van der Waals surface area (Å²) in [5.74, 6) is -0.182. The summed E-state index contributed by atoms with van der Waals surface area (Å²) < 4.78 is 17.2. The minimum Gasteiger partial charge on any atom is -0.491 e. The van der Waals surface area contributed by atoms with Gasteiger partial charge >= 0.3 is 11.9 Å². The van der Waals surface area contributed by atoms with E-state index < -0.39 is 23.6 Å². The van der Waals surface area contributed by atoms with Gasteiger partial charge in [-0.2, -0.15) is 0 Å². The van der Waals surface area contributed by atoms with E-state index in [0.717, 1.165) is 50.7 Å². The van der Waals surface area contributed by atoms with Crippen molar-refractivity contribution >= 4 is 11.9 Å². The SMILES string of the molecule is CCCCCCC(C)Oc1ccc(C(=O)O[C@H]2CCC(CCC)(CCC)OC2=O)cc1. The van der Waals surface area contributed by atoms with Gasteiger partial charge in [0, 0.05) is 0 Å². The molecular weight excluding hydrogens is 392 g/mol.